The Morgan fingerprint density at radius 3 is 2.16 bits per heavy atom. The van der Waals surface area contributed by atoms with Gasteiger partial charge in [0.15, 0.2) is 0 Å². The summed E-state index contributed by atoms with van der Waals surface area (Å²) in [7, 11) is -1.55. The van der Waals surface area contributed by atoms with Crippen LogP contribution >= 0.6 is 0 Å². The summed E-state index contributed by atoms with van der Waals surface area (Å²) in [6.45, 7) is 3.23. The highest BCUT2D eigenvalue weighted by molar-refractivity contribution is 7.87. The third-order valence-corrected chi connectivity index (χ3v) is 5.85. The second kappa shape index (κ2) is 6.52. The molecule has 2 rings (SSSR count). The molecule has 0 aliphatic heterocycles. The summed E-state index contributed by atoms with van der Waals surface area (Å²) in [5.41, 5.74) is 0. The van der Waals surface area contributed by atoms with E-state index in [1.54, 1.807) is 11.4 Å². The molecule has 19 heavy (non-hydrogen) atoms. The molecule has 0 bridgehead atoms. The van der Waals surface area contributed by atoms with Crippen molar-refractivity contribution >= 4 is 10.2 Å². The van der Waals surface area contributed by atoms with Crippen molar-refractivity contribution in [2.75, 3.05) is 13.6 Å². The van der Waals surface area contributed by atoms with Crippen LogP contribution in [0.1, 0.15) is 51.9 Å². The molecule has 2 saturated carbocycles. The van der Waals surface area contributed by atoms with Crippen molar-refractivity contribution < 1.29 is 8.42 Å². The van der Waals surface area contributed by atoms with Gasteiger partial charge in [0.25, 0.3) is 10.2 Å². The summed E-state index contributed by atoms with van der Waals surface area (Å²) >= 11 is 0. The Morgan fingerprint density at radius 1 is 1.05 bits per heavy atom. The normalized spacial score (nSPS) is 28.8. The van der Waals surface area contributed by atoms with Crippen molar-refractivity contribution in [1.29, 1.82) is 0 Å². The van der Waals surface area contributed by atoms with Crippen molar-refractivity contribution in [3.05, 3.63) is 0 Å². The fourth-order valence-corrected chi connectivity index (χ4v) is 4.11. The molecule has 112 valence electrons. The van der Waals surface area contributed by atoms with Crippen LogP contribution in [0.25, 0.3) is 0 Å². The molecule has 0 unspecified atom stereocenters. The first-order valence-corrected chi connectivity index (χ1v) is 8.95. The van der Waals surface area contributed by atoms with Gasteiger partial charge in [0.2, 0.25) is 0 Å². The third kappa shape index (κ3) is 4.41. The summed E-state index contributed by atoms with van der Waals surface area (Å²) in [5, 5.41) is 3.53. The summed E-state index contributed by atoms with van der Waals surface area (Å²) in [6, 6.07) is 0.926. The zero-order valence-electron chi connectivity index (χ0n) is 12.1. The standard InChI is InChI=1S/C13H27N3O2S/c1-3-10-14-11-6-8-13(9-7-11)16(2)19(17,18)15-12-4-5-12/h11-15H,3-10H2,1-2H3. The first-order chi connectivity index (χ1) is 9.03. The predicted molar refractivity (Wildman–Crippen MR) is 77.2 cm³/mol. The van der Waals surface area contributed by atoms with Gasteiger partial charge in [-0.05, 0) is 51.5 Å². The summed E-state index contributed by atoms with van der Waals surface area (Å²) in [5.74, 6) is 0. The Kier molecular flexibility index (Phi) is 5.22. The van der Waals surface area contributed by atoms with E-state index in [0.717, 1.165) is 51.5 Å². The van der Waals surface area contributed by atoms with Crippen LogP contribution in [-0.4, -0.2) is 44.4 Å². The highest BCUT2D eigenvalue weighted by atomic mass is 32.2. The van der Waals surface area contributed by atoms with Gasteiger partial charge in [-0.1, -0.05) is 6.92 Å². The van der Waals surface area contributed by atoms with Gasteiger partial charge >= 0.3 is 0 Å². The molecule has 2 fully saturated rings. The van der Waals surface area contributed by atoms with Crippen LogP contribution in [-0.2, 0) is 10.2 Å². The minimum Gasteiger partial charge on any atom is -0.314 e. The molecule has 5 nitrogen and oxygen atoms in total. The van der Waals surface area contributed by atoms with Crippen molar-refractivity contribution in [3.63, 3.8) is 0 Å². The number of hydrogen-bond acceptors (Lipinski definition) is 3. The topological polar surface area (TPSA) is 61.4 Å². The minimum absolute atomic E-state index is 0.163. The molecule has 0 atom stereocenters. The molecule has 0 amide bonds. The summed E-state index contributed by atoms with van der Waals surface area (Å²) < 4.78 is 28.6. The highest BCUT2D eigenvalue weighted by Crippen LogP contribution is 2.26. The maximum Gasteiger partial charge on any atom is 0.279 e. The van der Waals surface area contributed by atoms with Crippen LogP contribution in [0.15, 0.2) is 0 Å². The van der Waals surface area contributed by atoms with Crippen LogP contribution < -0.4 is 10.0 Å². The van der Waals surface area contributed by atoms with E-state index in [-0.39, 0.29) is 12.1 Å². The fraction of sp³-hybridized carbons (Fsp3) is 1.00. The molecule has 2 N–H and O–H groups in total. The van der Waals surface area contributed by atoms with E-state index in [0.29, 0.717) is 6.04 Å². The maximum atomic E-state index is 12.1. The maximum absolute atomic E-state index is 12.1. The van der Waals surface area contributed by atoms with Crippen LogP contribution in [0, 0.1) is 0 Å². The van der Waals surface area contributed by atoms with Gasteiger partial charge in [0.1, 0.15) is 0 Å². The summed E-state index contributed by atoms with van der Waals surface area (Å²) in [4.78, 5) is 0. The lowest BCUT2D eigenvalue weighted by Crippen LogP contribution is -2.47. The Morgan fingerprint density at radius 2 is 1.63 bits per heavy atom. The van der Waals surface area contributed by atoms with Crippen molar-refractivity contribution in [3.8, 4) is 0 Å². The van der Waals surface area contributed by atoms with Crippen molar-refractivity contribution in [2.24, 2.45) is 0 Å². The Labute approximate surface area is 117 Å². The molecular formula is C13H27N3O2S. The number of nitrogens with one attached hydrogen (secondary N) is 2. The largest absolute Gasteiger partial charge is 0.314 e. The molecule has 0 aromatic rings. The predicted octanol–water partition coefficient (Wildman–Crippen LogP) is 1.23. The number of nitrogens with zero attached hydrogens (tertiary/aromatic N) is 1. The Hall–Kier alpha value is -0.170. The molecule has 0 radical (unpaired) electrons. The molecule has 0 heterocycles. The first kappa shape index (κ1) is 15.2. The van der Waals surface area contributed by atoms with E-state index >= 15 is 0 Å². The molecule has 0 aromatic heterocycles. The van der Waals surface area contributed by atoms with Gasteiger partial charge in [-0.3, -0.25) is 0 Å². The molecule has 0 spiro atoms. The average molecular weight is 289 g/mol. The monoisotopic (exact) mass is 289 g/mol. The minimum atomic E-state index is -3.27. The van der Waals surface area contributed by atoms with Crippen molar-refractivity contribution in [2.45, 2.75) is 70.0 Å². The zero-order valence-corrected chi connectivity index (χ0v) is 12.9. The van der Waals surface area contributed by atoms with Gasteiger partial charge in [0.05, 0.1) is 0 Å². The highest BCUT2D eigenvalue weighted by Gasteiger charge is 2.34. The second-order valence-electron chi connectivity index (χ2n) is 5.87. The SMILES string of the molecule is CCCNC1CCC(N(C)S(=O)(=O)NC2CC2)CC1. The van der Waals surface area contributed by atoms with E-state index in [1.165, 1.54) is 0 Å². The van der Waals surface area contributed by atoms with Gasteiger partial charge in [-0.15, -0.1) is 0 Å². The summed E-state index contributed by atoms with van der Waals surface area (Å²) in [6.07, 6.45) is 7.20. The third-order valence-electron chi connectivity index (χ3n) is 4.17. The molecule has 0 saturated heterocycles. The second-order valence-corrected chi connectivity index (χ2v) is 7.63. The quantitative estimate of drug-likeness (QED) is 0.741. The van der Waals surface area contributed by atoms with Gasteiger partial charge in [-0.25, -0.2) is 0 Å². The lowest BCUT2D eigenvalue weighted by Gasteiger charge is -2.34. The van der Waals surface area contributed by atoms with Gasteiger partial charge in [-0.2, -0.15) is 17.4 Å². The smallest absolute Gasteiger partial charge is 0.279 e. The van der Waals surface area contributed by atoms with Crippen LogP contribution in [0.2, 0.25) is 0 Å². The zero-order chi connectivity index (χ0) is 13.9. The van der Waals surface area contributed by atoms with E-state index in [2.05, 4.69) is 17.0 Å². The van der Waals surface area contributed by atoms with Gasteiger partial charge in [0, 0.05) is 25.2 Å². The van der Waals surface area contributed by atoms with Gasteiger partial charge < -0.3 is 5.32 Å². The van der Waals surface area contributed by atoms with E-state index in [9.17, 15) is 8.42 Å². The van der Waals surface area contributed by atoms with E-state index < -0.39 is 10.2 Å². The fourth-order valence-electron chi connectivity index (χ4n) is 2.68. The molecule has 6 heteroatoms. The van der Waals surface area contributed by atoms with Crippen LogP contribution in [0.5, 0.6) is 0 Å². The lowest BCUT2D eigenvalue weighted by molar-refractivity contribution is 0.248. The van der Waals surface area contributed by atoms with Crippen LogP contribution in [0.3, 0.4) is 0 Å². The van der Waals surface area contributed by atoms with E-state index in [4.69, 9.17) is 0 Å². The molecule has 0 aromatic carbocycles. The van der Waals surface area contributed by atoms with Crippen LogP contribution in [0.4, 0.5) is 0 Å². The van der Waals surface area contributed by atoms with Crippen molar-refractivity contribution in [1.82, 2.24) is 14.3 Å². The molecule has 2 aliphatic carbocycles. The lowest BCUT2D eigenvalue weighted by atomic mass is 9.91. The average Bonchev–Trinajstić information content (AvgIpc) is 3.19. The Bertz CT molecular complexity index is 373. The Balaban J connectivity index is 1.79. The number of rotatable bonds is 7. The first-order valence-electron chi connectivity index (χ1n) is 7.51. The molecule has 2 aliphatic rings. The van der Waals surface area contributed by atoms with E-state index in [1.807, 2.05) is 0 Å². The molecular weight excluding hydrogens is 262 g/mol. The number of hydrogen-bond donors (Lipinski definition) is 2.